The van der Waals surface area contributed by atoms with Crippen LogP contribution in [0.3, 0.4) is 0 Å². The van der Waals surface area contributed by atoms with E-state index in [0.29, 0.717) is 5.02 Å². The number of aliphatic carboxylic acids is 1. The molecule has 0 fully saturated rings. The Morgan fingerprint density at radius 1 is 1.56 bits per heavy atom. The Bertz CT molecular complexity index is 415. The molecule has 0 spiro atoms. The second-order valence-corrected chi connectivity index (χ2v) is 3.83. The second-order valence-electron chi connectivity index (χ2n) is 3.39. The quantitative estimate of drug-likeness (QED) is 0.822. The first-order valence-corrected chi connectivity index (χ1v) is 5.34. The smallest absolute Gasteiger partial charge is 0.328 e. The number of halogens is 1. The van der Waals surface area contributed by atoms with Crippen molar-refractivity contribution < 1.29 is 9.90 Å². The average Bonchev–Trinajstić information content (AvgIpc) is 2.25. The predicted molar refractivity (Wildman–Crippen MR) is 67.1 cm³/mol. The summed E-state index contributed by atoms with van der Waals surface area (Å²) in [5.74, 6) is -0.968. The maximum Gasteiger partial charge on any atom is 0.328 e. The van der Waals surface area contributed by atoms with Gasteiger partial charge in [0.2, 0.25) is 0 Å². The van der Waals surface area contributed by atoms with E-state index in [1.165, 1.54) is 0 Å². The third-order valence-corrected chi connectivity index (χ3v) is 2.52. The number of rotatable bonds is 4. The van der Waals surface area contributed by atoms with Crippen LogP contribution in [0, 0.1) is 0 Å². The molecule has 4 heteroatoms. The lowest BCUT2D eigenvalue weighted by atomic mass is 10.1. The van der Waals surface area contributed by atoms with Crippen molar-refractivity contribution >= 4 is 29.3 Å². The van der Waals surface area contributed by atoms with E-state index in [1.807, 2.05) is 24.9 Å². The lowest BCUT2D eigenvalue weighted by Crippen LogP contribution is -2.16. The molecule has 0 amide bonds. The highest BCUT2D eigenvalue weighted by molar-refractivity contribution is 6.30. The number of nitrogens with zero attached hydrogens (tertiary/aromatic N) is 1. The molecule has 86 valence electrons. The van der Waals surface area contributed by atoms with E-state index in [4.69, 9.17) is 16.7 Å². The Labute approximate surface area is 100.0 Å². The van der Waals surface area contributed by atoms with Gasteiger partial charge in [-0.15, -0.1) is 0 Å². The van der Waals surface area contributed by atoms with Crippen LogP contribution in [0.15, 0.2) is 24.3 Å². The molecule has 1 rings (SSSR count). The van der Waals surface area contributed by atoms with Gasteiger partial charge in [-0.3, -0.25) is 0 Å². The van der Waals surface area contributed by atoms with Crippen LogP contribution in [0.4, 0.5) is 5.69 Å². The molecule has 1 N–H and O–H groups in total. The van der Waals surface area contributed by atoms with Gasteiger partial charge in [0.1, 0.15) is 0 Å². The van der Waals surface area contributed by atoms with Crippen LogP contribution in [-0.4, -0.2) is 24.7 Å². The van der Waals surface area contributed by atoms with E-state index in [2.05, 4.69) is 0 Å². The zero-order chi connectivity index (χ0) is 12.1. The molecule has 0 saturated carbocycles. The molecule has 0 aliphatic rings. The number of benzene rings is 1. The molecule has 16 heavy (non-hydrogen) atoms. The van der Waals surface area contributed by atoms with Crippen molar-refractivity contribution in [3.8, 4) is 0 Å². The molecule has 0 atom stereocenters. The van der Waals surface area contributed by atoms with E-state index in [-0.39, 0.29) is 0 Å². The summed E-state index contributed by atoms with van der Waals surface area (Å²) in [5.41, 5.74) is 1.77. The van der Waals surface area contributed by atoms with Crippen LogP contribution in [0.2, 0.25) is 5.02 Å². The minimum absolute atomic E-state index is 0.596. The summed E-state index contributed by atoms with van der Waals surface area (Å²) in [6.07, 6.45) is 2.66. The summed E-state index contributed by atoms with van der Waals surface area (Å²) < 4.78 is 0. The van der Waals surface area contributed by atoms with E-state index >= 15 is 0 Å². The Morgan fingerprint density at radius 3 is 2.81 bits per heavy atom. The maximum absolute atomic E-state index is 10.5. The second kappa shape index (κ2) is 5.56. The molecule has 0 aliphatic heterocycles. The molecule has 0 heterocycles. The maximum atomic E-state index is 10.5. The minimum Gasteiger partial charge on any atom is -0.478 e. The molecular weight excluding hydrogens is 226 g/mol. The van der Waals surface area contributed by atoms with Crippen molar-refractivity contribution in [2.45, 2.75) is 6.92 Å². The van der Waals surface area contributed by atoms with Crippen molar-refractivity contribution in [3.05, 3.63) is 34.9 Å². The minimum atomic E-state index is -0.968. The highest BCUT2D eigenvalue weighted by Gasteiger charge is 2.04. The number of hydrogen-bond acceptors (Lipinski definition) is 2. The van der Waals surface area contributed by atoms with Gasteiger partial charge < -0.3 is 10.0 Å². The topological polar surface area (TPSA) is 40.5 Å². The molecule has 0 saturated heterocycles. The van der Waals surface area contributed by atoms with Crippen molar-refractivity contribution in [2.24, 2.45) is 0 Å². The summed E-state index contributed by atoms with van der Waals surface area (Å²) >= 11 is 5.88. The Kier molecular flexibility index (Phi) is 4.38. The molecule has 1 aromatic rings. The van der Waals surface area contributed by atoms with E-state index in [9.17, 15) is 4.79 Å². The first-order chi connectivity index (χ1) is 7.54. The van der Waals surface area contributed by atoms with Crippen LogP contribution < -0.4 is 4.90 Å². The van der Waals surface area contributed by atoms with E-state index in [1.54, 1.807) is 18.2 Å². The van der Waals surface area contributed by atoms with Gasteiger partial charge in [0.05, 0.1) is 0 Å². The van der Waals surface area contributed by atoms with Crippen molar-refractivity contribution in [2.75, 3.05) is 18.5 Å². The van der Waals surface area contributed by atoms with Crippen molar-refractivity contribution in [1.29, 1.82) is 0 Å². The van der Waals surface area contributed by atoms with Crippen molar-refractivity contribution in [1.82, 2.24) is 0 Å². The summed E-state index contributed by atoms with van der Waals surface area (Å²) in [6, 6.07) is 5.43. The number of carbonyl (C=O) groups is 1. The first-order valence-electron chi connectivity index (χ1n) is 4.96. The average molecular weight is 240 g/mol. The third kappa shape index (κ3) is 3.28. The molecule has 0 bridgehead atoms. The Balaban J connectivity index is 3.12. The van der Waals surface area contributed by atoms with Crippen LogP contribution in [0.1, 0.15) is 12.5 Å². The van der Waals surface area contributed by atoms with Gasteiger partial charge in [0.25, 0.3) is 0 Å². The molecule has 1 aromatic carbocycles. The van der Waals surface area contributed by atoms with Gasteiger partial charge >= 0.3 is 5.97 Å². The third-order valence-electron chi connectivity index (χ3n) is 2.28. The van der Waals surface area contributed by atoms with Gasteiger partial charge in [0, 0.05) is 30.4 Å². The molecule has 0 aromatic heterocycles. The first kappa shape index (κ1) is 12.6. The predicted octanol–water partition coefficient (Wildman–Crippen LogP) is 2.89. The summed E-state index contributed by atoms with van der Waals surface area (Å²) in [6.45, 7) is 2.87. The normalized spacial score (nSPS) is 10.7. The standard InChI is InChI=1S/C12H14ClNO2/c1-3-14(2)11-6-5-10(13)8-9(11)4-7-12(15)16/h4-8H,3H2,1-2H3,(H,15,16)/b7-4+. The van der Waals surface area contributed by atoms with E-state index < -0.39 is 5.97 Å². The van der Waals surface area contributed by atoms with Crippen molar-refractivity contribution in [3.63, 3.8) is 0 Å². The molecule has 0 aliphatic carbocycles. The lowest BCUT2D eigenvalue weighted by Gasteiger charge is -2.19. The Hall–Kier alpha value is -1.48. The van der Waals surface area contributed by atoms with Gasteiger partial charge in [0.15, 0.2) is 0 Å². The van der Waals surface area contributed by atoms with Crippen LogP contribution in [0.25, 0.3) is 6.08 Å². The molecule has 0 unspecified atom stereocenters. The van der Waals surface area contributed by atoms with Crippen LogP contribution >= 0.6 is 11.6 Å². The fourth-order valence-corrected chi connectivity index (χ4v) is 1.52. The lowest BCUT2D eigenvalue weighted by molar-refractivity contribution is -0.131. The summed E-state index contributed by atoms with van der Waals surface area (Å²) in [4.78, 5) is 12.5. The molecular formula is C12H14ClNO2. The SMILES string of the molecule is CCN(C)c1ccc(Cl)cc1/C=C/C(=O)O. The fourth-order valence-electron chi connectivity index (χ4n) is 1.34. The largest absolute Gasteiger partial charge is 0.478 e. The summed E-state index contributed by atoms with van der Waals surface area (Å²) in [5, 5.41) is 9.19. The van der Waals surface area contributed by atoms with E-state index in [0.717, 1.165) is 23.9 Å². The van der Waals surface area contributed by atoms with Crippen LogP contribution in [-0.2, 0) is 4.79 Å². The molecule has 0 radical (unpaired) electrons. The summed E-state index contributed by atoms with van der Waals surface area (Å²) in [7, 11) is 1.95. The highest BCUT2D eigenvalue weighted by atomic mass is 35.5. The molecule has 3 nitrogen and oxygen atoms in total. The van der Waals surface area contributed by atoms with Gasteiger partial charge in [-0.2, -0.15) is 0 Å². The van der Waals surface area contributed by atoms with Gasteiger partial charge in [-0.05, 0) is 36.8 Å². The van der Waals surface area contributed by atoms with Crippen LogP contribution in [0.5, 0.6) is 0 Å². The zero-order valence-electron chi connectivity index (χ0n) is 9.27. The monoisotopic (exact) mass is 239 g/mol. The number of anilines is 1. The zero-order valence-corrected chi connectivity index (χ0v) is 10.0. The van der Waals surface area contributed by atoms with Gasteiger partial charge in [-0.25, -0.2) is 4.79 Å². The highest BCUT2D eigenvalue weighted by Crippen LogP contribution is 2.24. The fraction of sp³-hybridized carbons (Fsp3) is 0.250. The Morgan fingerprint density at radius 2 is 2.25 bits per heavy atom. The number of carboxylic acid groups (broad SMARTS) is 1. The number of carboxylic acids is 1. The number of hydrogen-bond donors (Lipinski definition) is 1. The van der Waals surface area contributed by atoms with Gasteiger partial charge in [-0.1, -0.05) is 11.6 Å².